The Hall–Kier alpha value is -0.180. The van der Waals surface area contributed by atoms with E-state index in [4.69, 9.17) is 39.5 Å². The van der Waals surface area contributed by atoms with Crippen LogP contribution < -0.4 is 4.74 Å². The molecule has 0 radical (unpaired) electrons. The molecular weight excluding hydrogens is 305 g/mol. The summed E-state index contributed by atoms with van der Waals surface area (Å²) in [6.45, 7) is 6.78. The van der Waals surface area contributed by atoms with Gasteiger partial charge in [0.15, 0.2) is 5.15 Å². The quantitative estimate of drug-likeness (QED) is 0.658. The Morgan fingerprint density at radius 2 is 1.89 bits per heavy atom. The summed E-state index contributed by atoms with van der Waals surface area (Å²) in [5, 5.41) is 0.978. The second-order valence-electron chi connectivity index (χ2n) is 6.20. The van der Waals surface area contributed by atoms with Gasteiger partial charge in [0.2, 0.25) is 5.88 Å². The van der Waals surface area contributed by atoms with Gasteiger partial charge in [0.1, 0.15) is 11.1 Å². The van der Waals surface area contributed by atoms with E-state index in [1.807, 2.05) is 0 Å². The molecule has 2 unspecified atom stereocenters. The van der Waals surface area contributed by atoms with Crippen molar-refractivity contribution in [1.82, 2.24) is 4.98 Å². The Kier molecular flexibility index (Phi) is 4.54. The third kappa shape index (κ3) is 3.90. The molecular formula is C14H18Cl3NO. The topological polar surface area (TPSA) is 22.1 Å². The fourth-order valence-electron chi connectivity index (χ4n) is 3.02. The van der Waals surface area contributed by atoms with E-state index in [2.05, 4.69) is 25.8 Å². The van der Waals surface area contributed by atoms with Crippen LogP contribution in [0, 0.1) is 11.3 Å². The molecule has 0 aromatic carbocycles. The van der Waals surface area contributed by atoms with Crippen molar-refractivity contribution in [2.45, 2.75) is 46.1 Å². The van der Waals surface area contributed by atoms with Gasteiger partial charge in [0.25, 0.3) is 0 Å². The van der Waals surface area contributed by atoms with E-state index in [1.165, 1.54) is 6.42 Å². The third-order valence-corrected chi connectivity index (χ3v) is 4.42. The fourth-order valence-corrected chi connectivity index (χ4v) is 3.55. The molecule has 1 aliphatic rings. The maximum absolute atomic E-state index is 6.10. The van der Waals surface area contributed by atoms with Crippen LogP contribution in [0.15, 0.2) is 6.07 Å². The number of halogens is 3. The van der Waals surface area contributed by atoms with Gasteiger partial charge in [-0.25, -0.2) is 0 Å². The van der Waals surface area contributed by atoms with Crippen LogP contribution >= 0.6 is 34.8 Å². The molecule has 0 spiro atoms. The first-order chi connectivity index (χ1) is 8.77. The highest BCUT2D eigenvalue weighted by molar-refractivity contribution is 6.42. The van der Waals surface area contributed by atoms with Crippen LogP contribution in [0.1, 0.15) is 40.0 Å². The first-order valence-corrected chi connectivity index (χ1v) is 7.58. The van der Waals surface area contributed by atoms with Crippen LogP contribution in [-0.2, 0) is 0 Å². The van der Waals surface area contributed by atoms with Crippen molar-refractivity contribution >= 4 is 34.8 Å². The summed E-state index contributed by atoms with van der Waals surface area (Å²) in [5.41, 5.74) is 0.283. The molecule has 2 rings (SSSR count). The zero-order chi connectivity index (χ0) is 14.2. The lowest BCUT2D eigenvalue weighted by molar-refractivity contribution is 0.0533. The molecule has 106 valence electrons. The van der Waals surface area contributed by atoms with Crippen molar-refractivity contribution < 1.29 is 4.74 Å². The van der Waals surface area contributed by atoms with Crippen molar-refractivity contribution in [3.8, 4) is 5.88 Å². The predicted octanol–water partition coefficient (Wildman–Crippen LogP) is 5.64. The highest BCUT2D eigenvalue weighted by Gasteiger charge is 2.33. The third-order valence-electron chi connectivity index (χ3n) is 3.48. The number of pyridine rings is 1. The second-order valence-corrected chi connectivity index (χ2v) is 7.37. The highest BCUT2D eigenvalue weighted by Crippen LogP contribution is 2.41. The Bertz CT molecular complexity index is 476. The normalized spacial score (nSPS) is 26.2. The summed E-state index contributed by atoms with van der Waals surface area (Å²) >= 11 is 17.9. The molecule has 0 aliphatic heterocycles. The molecule has 0 N–H and O–H groups in total. The standard InChI is InChI=1S/C14H18Cl3NO/c1-8-4-9(7-14(2,3)6-8)19-13-11(16)5-10(15)12(17)18-13/h5,8-9H,4,6-7H2,1-3H3. The second kappa shape index (κ2) is 5.67. The van der Waals surface area contributed by atoms with Crippen molar-refractivity contribution in [3.63, 3.8) is 0 Å². The van der Waals surface area contributed by atoms with Crippen molar-refractivity contribution in [2.75, 3.05) is 0 Å². The maximum Gasteiger partial charge on any atom is 0.234 e. The van der Waals surface area contributed by atoms with E-state index in [9.17, 15) is 0 Å². The molecule has 5 heteroatoms. The molecule has 1 aliphatic carbocycles. The zero-order valence-electron chi connectivity index (χ0n) is 11.3. The first kappa shape index (κ1) is 15.2. The lowest BCUT2D eigenvalue weighted by Gasteiger charge is -2.38. The minimum atomic E-state index is 0.126. The first-order valence-electron chi connectivity index (χ1n) is 6.45. The SMILES string of the molecule is CC1CC(Oc2nc(Cl)c(Cl)cc2Cl)CC(C)(C)C1. The zero-order valence-corrected chi connectivity index (χ0v) is 13.6. The van der Waals surface area contributed by atoms with Gasteiger partial charge < -0.3 is 4.74 Å². The van der Waals surface area contributed by atoms with Gasteiger partial charge >= 0.3 is 0 Å². The van der Waals surface area contributed by atoms with Crippen LogP contribution in [0.5, 0.6) is 5.88 Å². The van der Waals surface area contributed by atoms with E-state index in [-0.39, 0.29) is 16.7 Å². The van der Waals surface area contributed by atoms with E-state index in [1.54, 1.807) is 6.07 Å². The highest BCUT2D eigenvalue weighted by atomic mass is 35.5. The largest absolute Gasteiger partial charge is 0.473 e. The van der Waals surface area contributed by atoms with Gasteiger partial charge in [-0.15, -0.1) is 0 Å². The van der Waals surface area contributed by atoms with E-state index >= 15 is 0 Å². The number of hydrogen-bond donors (Lipinski definition) is 0. The van der Waals surface area contributed by atoms with Crippen molar-refractivity contribution in [3.05, 3.63) is 21.3 Å². The smallest absolute Gasteiger partial charge is 0.234 e. The summed E-state index contributed by atoms with van der Waals surface area (Å²) < 4.78 is 5.94. The van der Waals surface area contributed by atoms with Gasteiger partial charge in [0.05, 0.1) is 5.02 Å². The Balaban J connectivity index is 2.15. The molecule has 1 aromatic rings. The molecule has 0 saturated heterocycles. The Morgan fingerprint density at radius 3 is 2.53 bits per heavy atom. The summed E-state index contributed by atoms with van der Waals surface area (Å²) in [6, 6.07) is 1.57. The summed E-state index contributed by atoms with van der Waals surface area (Å²) in [4.78, 5) is 4.12. The number of aromatic nitrogens is 1. The molecule has 2 atom stereocenters. The Morgan fingerprint density at radius 1 is 1.21 bits per heavy atom. The molecule has 19 heavy (non-hydrogen) atoms. The van der Waals surface area contributed by atoms with E-state index < -0.39 is 0 Å². The lowest BCUT2D eigenvalue weighted by atomic mass is 9.71. The van der Waals surface area contributed by atoms with Crippen LogP contribution in [0.25, 0.3) is 0 Å². The number of rotatable bonds is 2. The number of hydrogen-bond acceptors (Lipinski definition) is 2. The summed E-state index contributed by atoms with van der Waals surface area (Å²) in [7, 11) is 0. The van der Waals surface area contributed by atoms with Gasteiger partial charge in [-0.2, -0.15) is 4.98 Å². The molecule has 0 bridgehead atoms. The Labute approximate surface area is 129 Å². The average Bonchev–Trinajstić information content (AvgIpc) is 2.22. The average molecular weight is 323 g/mol. The van der Waals surface area contributed by atoms with Crippen molar-refractivity contribution in [1.29, 1.82) is 0 Å². The lowest BCUT2D eigenvalue weighted by Crippen LogP contribution is -2.34. The van der Waals surface area contributed by atoms with Crippen LogP contribution in [0.3, 0.4) is 0 Å². The maximum atomic E-state index is 6.10. The summed E-state index contributed by atoms with van der Waals surface area (Å²) in [5.74, 6) is 1.02. The van der Waals surface area contributed by atoms with Gasteiger partial charge in [0, 0.05) is 0 Å². The number of ether oxygens (including phenoxy) is 1. The molecule has 1 fully saturated rings. The van der Waals surface area contributed by atoms with Crippen LogP contribution in [0.2, 0.25) is 15.2 Å². The van der Waals surface area contributed by atoms with E-state index in [0.29, 0.717) is 21.8 Å². The minimum absolute atomic E-state index is 0.126. The predicted molar refractivity (Wildman–Crippen MR) is 80.5 cm³/mol. The van der Waals surface area contributed by atoms with Gasteiger partial charge in [-0.1, -0.05) is 55.6 Å². The van der Waals surface area contributed by atoms with Crippen LogP contribution in [-0.4, -0.2) is 11.1 Å². The summed E-state index contributed by atoms with van der Waals surface area (Å²) in [6.07, 6.45) is 3.35. The van der Waals surface area contributed by atoms with Crippen LogP contribution in [0.4, 0.5) is 0 Å². The molecule has 1 aromatic heterocycles. The molecule has 2 nitrogen and oxygen atoms in total. The van der Waals surface area contributed by atoms with Crippen molar-refractivity contribution in [2.24, 2.45) is 11.3 Å². The molecule has 1 saturated carbocycles. The van der Waals surface area contributed by atoms with Gasteiger partial charge in [-0.3, -0.25) is 0 Å². The monoisotopic (exact) mass is 321 g/mol. The molecule has 0 amide bonds. The van der Waals surface area contributed by atoms with E-state index in [0.717, 1.165) is 12.8 Å². The minimum Gasteiger partial charge on any atom is -0.473 e. The van der Waals surface area contributed by atoms with Gasteiger partial charge in [-0.05, 0) is 36.7 Å². The number of nitrogens with zero attached hydrogens (tertiary/aromatic N) is 1. The molecule has 1 heterocycles. The fraction of sp³-hybridized carbons (Fsp3) is 0.643.